The number of carbonyl (C=O) groups excluding carboxylic acids is 5. The third kappa shape index (κ3) is 14.8. The summed E-state index contributed by atoms with van der Waals surface area (Å²) in [5.74, 6) is -2.08. The predicted octanol–water partition coefficient (Wildman–Crippen LogP) is 6.30. The van der Waals surface area contributed by atoms with Crippen molar-refractivity contribution in [3.63, 3.8) is 0 Å². The summed E-state index contributed by atoms with van der Waals surface area (Å²) in [4.78, 5) is 71.6. The van der Waals surface area contributed by atoms with E-state index in [1.807, 2.05) is 64.4 Å². The number of benzene rings is 2. The lowest BCUT2D eigenvalue weighted by Crippen LogP contribution is -2.57. The van der Waals surface area contributed by atoms with Gasteiger partial charge < -0.3 is 41.7 Å². The number of anilines is 1. The number of primary amides is 1. The molecule has 1 aliphatic heterocycles. The quantitative estimate of drug-likeness (QED) is 0.0748. The molecule has 4 rings (SSSR count). The van der Waals surface area contributed by atoms with Crippen molar-refractivity contribution in [3.05, 3.63) is 70.6 Å². The summed E-state index contributed by atoms with van der Waals surface area (Å²) in [6.07, 6.45) is 1.12. The number of alkyl carbamates (subject to hydrolysis) is 1. The standard InChI is InChI=1S/C45H64FN7O7S/c1-27(29-17-19-31(20-18-29)39-28(2)49-26-61-39)50-41(57)35-23-33(54)25-53(35)42(58)40(44(3,4)5)52-37(56)16-11-9-10-13-30-14-12-15-34(38(30)46)48-24-32(21-22-36(47)55)51-43(59)60-45(6,7)8/h12,14-15,17-20,26-27,32-33,35,40,48,54H,9-11,13,16,21-25H2,1-8H3,(H2,47,55)(H,50,57)(H,51,59)(H,52,56)/t27-,32-,33+,35-,40+/m0/s1. The van der Waals surface area contributed by atoms with E-state index in [4.69, 9.17) is 10.5 Å². The van der Waals surface area contributed by atoms with Crippen LogP contribution < -0.4 is 27.0 Å². The van der Waals surface area contributed by atoms with Gasteiger partial charge >= 0.3 is 6.09 Å². The van der Waals surface area contributed by atoms with Gasteiger partial charge in [0.2, 0.25) is 23.6 Å². The number of hydrogen-bond donors (Lipinski definition) is 6. The molecule has 1 aliphatic rings. The van der Waals surface area contributed by atoms with Crippen LogP contribution in [0.5, 0.6) is 0 Å². The fourth-order valence-corrected chi connectivity index (χ4v) is 8.00. The molecule has 2 heterocycles. The van der Waals surface area contributed by atoms with Crippen LogP contribution in [0.3, 0.4) is 0 Å². The lowest BCUT2D eigenvalue weighted by molar-refractivity contribution is -0.144. The Bertz CT molecular complexity index is 1980. The maximum Gasteiger partial charge on any atom is 0.407 e. The topological polar surface area (TPSA) is 205 Å². The molecular formula is C45H64FN7O7S. The molecule has 3 aromatic rings. The van der Waals surface area contributed by atoms with Crippen molar-refractivity contribution < 1.29 is 38.2 Å². The van der Waals surface area contributed by atoms with E-state index in [1.165, 1.54) is 4.90 Å². The zero-order valence-electron chi connectivity index (χ0n) is 36.7. The maximum absolute atomic E-state index is 15.5. The van der Waals surface area contributed by atoms with Crippen LogP contribution in [0.1, 0.15) is 116 Å². The molecule has 14 nitrogen and oxygen atoms in total. The number of likely N-dealkylation sites (tertiary alicyclic amines) is 1. The van der Waals surface area contributed by atoms with Crippen LogP contribution in [0.4, 0.5) is 14.9 Å². The van der Waals surface area contributed by atoms with Crippen LogP contribution in [-0.2, 0) is 30.3 Å². The van der Waals surface area contributed by atoms with Crippen LogP contribution in [0, 0.1) is 18.2 Å². The third-order valence-electron chi connectivity index (χ3n) is 10.5. The van der Waals surface area contributed by atoms with Crippen LogP contribution in [0.25, 0.3) is 10.4 Å². The highest BCUT2D eigenvalue weighted by molar-refractivity contribution is 7.13. The number of nitrogens with zero attached hydrogens (tertiary/aromatic N) is 2. The van der Waals surface area contributed by atoms with Crippen molar-refractivity contribution in [3.8, 4) is 10.4 Å². The fraction of sp³-hybridized carbons (Fsp3) is 0.556. The van der Waals surface area contributed by atoms with E-state index < -0.39 is 59.0 Å². The molecule has 16 heteroatoms. The number of aryl methyl sites for hydroxylation is 2. The normalized spacial score (nSPS) is 16.9. The third-order valence-corrected chi connectivity index (χ3v) is 11.5. The van der Waals surface area contributed by atoms with E-state index in [0.717, 1.165) is 21.7 Å². The first-order valence-corrected chi connectivity index (χ1v) is 21.9. The van der Waals surface area contributed by atoms with Crippen molar-refractivity contribution >= 4 is 46.7 Å². The van der Waals surface area contributed by atoms with Crippen molar-refractivity contribution in [1.82, 2.24) is 25.8 Å². The molecule has 0 saturated carbocycles. The Kier molecular flexibility index (Phi) is 17.2. The second kappa shape index (κ2) is 21.6. The zero-order valence-corrected chi connectivity index (χ0v) is 37.5. The minimum absolute atomic E-state index is 0.0250. The lowest BCUT2D eigenvalue weighted by Gasteiger charge is -2.35. The molecule has 1 aromatic heterocycles. The van der Waals surface area contributed by atoms with Crippen LogP contribution in [0.2, 0.25) is 0 Å². The molecule has 0 spiro atoms. The molecule has 1 fully saturated rings. The van der Waals surface area contributed by atoms with E-state index >= 15 is 4.39 Å². The van der Waals surface area contributed by atoms with Gasteiger partial charge in [0.25, 0.3) is 0 Å². The first kappa shape index (κ1) is 48.6. The van der Waals surface area contributed by atoms with Crippen molar-refractivity contribution in [1.29, 1.82) is 0 Å². The highest BCUT2D eigenvalue weighted by Gasteiger charge is 2.44. The van der Waals surface area contributed by atoms with E-state index in [1.54, 1.807) is 50.3 Å². The number of unbranched alkanes of at least 4 members (excludes halogenated alkanes) is 2. The summed E-state index contributed by atoms with van der Waals surface area (Å²) in [6, 6.07) is 10.2. The molecule has 5 amide bonds. The van der Waals surface area contributed by atoms with E-state index in [-0.39, 0.29) is 62.3 Å². The monoisotopic (exact) mass is 865 g/mol. The molecule has 0 radical (unpaired) electrons. The maximum atomic E-state index is 15.5. The molecule has 2 aromatic carbocycles. The Morgan fingerprint density at radius 3 is 2.31 bits per heavy atom. The Labute approximate surface area is 363 Å². The average Bonchev–Trinajstić information content (AvgIpc) is 3.79. The van der Waals surface area contributed by atoms with Crippen LogP contribution >= 0.6 is 11.3 Å². The number of nitrogens with one attached hydrogen (secondary N) is 4. The van der Waals surface area contributed by atoms with Gasteiger partial charge in [-0.15, -0.1) is 11.3 Å². The van der Waals surface area contributed by atoms with E-state index in [9.17, 15) is 29.1 Å². The number of aliphatic hydroxyl groups is 1. The highest BCUT2D eigenvalue weighted by atomic mass is 32.1. The van der Waals surface area contributed by atoms with Gasteiger partial charge in [0, 0.05) is 38.4 Å². The summed E-state index contributed by atoms with van der Waals surface area (Å²) in [6.45, 7) is 14.7. The molecule has 61 heavy (non-hydrogen) atoms. The predicted molar refractivity (Wildman–Crippen MR) is 235 cm³/mol. The van der Waals surface area contributed by atoms with Crippen molar-refractivity contribution in [2.24, 2.45) is 11.1 Å². The Morgan fingerprint density at radius 1 is 0.984 bits per heavy atom. The summed E-state index contributed by atoms with van der Waals surface area (Å²) < 4.78 is 20.9. The van der Waals surface area contributed by atoms with Gasteiger partial charge in [0.05, 0.1) is 33.9 Å². The average molecular weight is 866 g/mol. The van der Waals surface area contributed by atoms with Gasteiger partial charge in [-0.2, -0.15) is 0 Å². The SMILES string of the molecule is Cc1ncsc1-c1ccc([C@H](C)NC(=O)[C@@H]2C[C@@H](O)CN2C(=O)[C@@H](NC(=O)CCCCCc2cccc(NC[C@H](CCC(N)=O)NC(=O)OC(C)(C)C)c2F)C(C)(C)C)cc1. The van der Waals surface area contributed by atoms with E-state index in [2.05, 4.69) is 26.3 Å². The molecule has 334 valence electrons. The van der Waals surface area contributed by atoms with Crippen LogP contribution in [-0.4, -0.2) is 87.6 Å². The smallest absolute Gasteiger partial charge is 0.407 e. The Morgan fingerprint density at radius 2 is 1.69 bits per heavy atom. The van der Waals surface area contributed by atoms with Crippen molar-refractivity contribution in [2.75, 3.05) is 18.4 Å². The molecule has 0 bridgehead atoms. The number of thiazole rings is 1. The first-order chi connectivity index (χ1) is 28.6. The number of hydrogen-bond acceptors (Lipinski definition) is 10. The molecule has 1 saturated heterocycles. The number of aromatic nitrogens is 1. The van der Waals surface area contributed by atoms with Gasteiger partial charge in [-0.05, 0) is 88.5 Å². The molecule has 7 N–H and O–H groups in total. The summed E-state index contributed by atoms with van der Waals surface area (Å²) in [5, 5.41) is 22.3. The van der Waals surface area contributed by atoms with E-state index in [0.29, 0.717) is 31.2 Å². The van der Waals surface area contributed by atoms with Crippen molar-refractivity contribution in [2.45, 2.75) is 143 Å². The second-order valence-electron chi connectivity index (χ2n) is 18.0. The molecule has 0 unspecified atom stereocenters. The number of aliphatic hydroxyl groups excluding tert-OH is 1. The summed E-state index contributed by atoms with van der Waals surface area (Å²) in [5.41, 5.74) is 9.33. The number of β-amino-alcohol motifs (C(OH)–C–C–N with tert-alkyl or cyclic N) is 1. The molecular weight excluding hydrogens is 802 g/mol. The number of amides is 5. The lowest BCUT2D eigenvalue weighted by atomic mass is 9.85. The molecule has 5 atom stereocenters. The zero-order chi connectivity index (χ0) is 45.1. The number of nitrogens with two attached hydrogens (primary N) is 1. The summed E-state index contributed by atoms with van der Waals surface area (Å²) in [7, 11) is 0. The van der Waals surface area contributed by atoms with Gasteiger partial charge in [0.15, 0.2) is 0 Å². The first-order valence-electron chi connectivity index (χ1n) is 21.0. The van der Waals surface area contributed by atoms with Gasteiger partial charge in [-0.3, -0.25) is 19.2 Å². The Hall–Kier alpha value is -5.09. The Balaban J connectivity index is 1.27. The molecule has 0 aliphatic carbocycles. The minimum atomic E-state index is -0.945. The summed E-state index contributed by atoms with van der Waals surface area (Å²) >= 11 is 1.57. The largest absolute Gasteiger partial charge is 0.444 e. The minimum Gasteiger partial charge on any atom is -0.444 e. The van der Waals surface area contributed by atoms with Crippen LogP contribution in [0.15, 0.2) is 48.0 Å². The fourth-order valence-electron chi connectivity index (χ4n) is 7.18. The highest BCUT2D eigenvalue weighted by Crippen LogP contribution is 2.30. The van der Waals surface area contributed by atoms with Gasteiger partial charge in [0.1, 0.15) is 23.5 Å². The number of rotatable bonds is 19. The number of carbonyl (C=O) groups is 5. The number of halogens is 1. The second-order valence-corrected chi connectivity index (χ2v) is 18.8. The van der Waals surface area contributed by atoms with Gasteiger partial charge in [-0.1, -0.05) is 63.6 Å². The van der Waals surface area contributed by atoms with Gasteiger partial charge in [-0.25, -0.2) is 14.2 Å². The number of ether oxygens (including phenoxy) is 1.